The highest BCUT2D eigenvalue weighted by atomic mass is 79.9. The van der Waals surface area contributed by atoms with Crippen molar-refractivity contribution in [1.82, 2.24) is 0 Å². The van der Waals surface area contributed by atoms with Crippen LogP contribution in [0.3, 0.4) is 0 Å². The molecule has 0 bridgehead atoms. The van der Waals surface area contributed by atoms with Crippen molar-refractivity contribution in [2.24, 2.45) is 0 Å². The van der Waals surface area contributed by atoms with E-state index in [2.05, 4.69) is 33.9 Å². The topological polar surface area (TPSA) is 3.24 Å². The number of aryl methyl sites for hydroxylation is 1. The fourth-order valence-corrected chi connectivity index (χ4v) is 3.16. The number of rotatable bonds is 0. The van der Waals surface area contributed by atoms with Gasteiger partial charge < -0.3 is 4.90 Å². The van der Waals surface area contributed by atoms with E-state index in [4.69, 9.17) is 0 Å². The van der Waals surface area contributed by atoms with Crippen LogP contribution in [0.2, 0.25) is 0 Å². The molecule has 2 heterocycles. The number of hydrogen-bond donors (Lipinski definition) is 0. The highest BCUT2D eigenvalue weighted by molar-refractivity contribution is 9.11. The molecule has 0 spiro atoms. The monoisotopic (exact) mass is 231 g/mol. The summed E-state index contributed by atoms with van der Waals surface area (Å²) < 4.78 is 1.26. The van der Waals surface area contributed by atoms with Crippen LogP contribution in [-0.2, 0) is 6.42 Å². The molecule has 0 aliphatic carbocycles. The van der Waals surface area contributed by atoms with Gasteiger partial charge >= 0.3 is 0 Å². The lowest BCUT2D eigenvalue weighted by Gasteiger charge is -2.23. The first-order valence-electron chi connectivity index (χ1n) is 3.77. The van der Waals surface area contributed by atoms with Gasteiger partial charge in [0.15, 0.2) is 0 Å². The summed E-state index contributed by atoms with van der Waals surface area (Å²) in [5, 5.41) is 1.45. The third kappa shape index (κ3) is 1.32. The molecule has 0 saturated heterocycles. The van der Waals surface area contributed by atoms with Crippen LogP contribution < -0.4 is 4.90 Å². The molecule has 0 saturated carbocycles. The Bertz CT molecular complexity index is 269. The number of nitrogens with zero attached hydrogens (tertiary/aromatic N) is 1. The summed E-state index contributed by atoms with van der Waals surface area (Å²) in [5.41, 5.74) is 1.51. The van der Waals surface area contributed by atoms with Gasteiger partial charge in [0.25, 0.3) is 0 Å². The SMILES string of the molecule is CN1CCCc2cc(Br)sc21. The molecular weight excluding hydrogens is 222 g/mol. The van der Waals surface area contributed by atoms with Crippen LogP contribution in [0.15, 0.2) is 9.85 Å². The zero-order valence-electron chi connectivity index (χ0n) is 6.43. The maximum Gasteiger partial charge on any atom is 0.0950 e. The van der Waals surface area contributed by atoms with Gasteiger partial charge in [0, 0.05) is 13.6 Å². The van der Waals surface area contributed by atoms with Crippen molar-refractivity contribution < 1.29 is 0 Å². The van der Waals surface area contributed by atoms with Crippen molar-refractivity contribution in [2.75, 3.05) is 18.5 Å². The quantitative estimate of drug-likeness (QED) is 0.664. The average Bonchev–Trinajstić information content (AvgIpc) is 2.31. The summed E-state index contributed by atoms with van der Waals surface area (Å²) in [6.45, 7) is 1.21. The Hall–Kier alpha value is -0.0200. The fraction of sp³-hybridized carbons (Fsp3) is 0.500. The fourth-order valence-electron chi connectivity index (χ4n) is 1.50. The minimum absolute atomic E-state index is 1.21. The second-order valence-electron chi connectivity index (χ2n) is 2.91. The summed E-state index contributed by atoms with van der Waals surface area (Å²) >= 11 is 5.35. The Morgan fingerprint density at radius 3 is 3.18 bits per heavy atom. The minimum Gasteiger partial charge on any atom is -0.366 e. The van der Waals surface area contributed by atoms with Gasteiger partial charge in [-0.3, -0.25) is 0 Å². The number of fused-ring (bicyclic) bond motifs is 1. The summed E-state index contributed by atoms with van der Waals surface area (Å²) in [4.78, 5) is 2.34. The maximum absolute atomic E-state index is 3.51. The van der Waals surface area contributed by atoms with Crippen LogP contribution in [-0.4, -0.2) is 13.6 Å². The maximum atomic E-state index is 3.51. The summed E-state index contributed by atoms with van der Waals surface area (Å²) in [5.74, 6) is 0. The third-order valence-corrected chi connectivity index (χ3v) is 3.84. The van der Waals surface area contributed by atoms with Crippen molar-refractivity contribution in [1.29, 1.82) is 0 Å². The Morgan fingerprint density at radius 2 is 2.45 bits per heavy atom. The highest BCUT2D eigenvalue weighted by Gasteiger charge is 2.15. The van der Waals surface area contributed by atoms with Crippen LogP contribution in [0.5, 0.6) is 0 Å². The molecule has 0 amide bonds. The van der Waals surface area contributed by atoms with Gasteiger partial charge in [-0.15, -0.1) is 11.3 Å². The van der Waals surface area contributed by atoms with Crippen molar-refractivity contribution in [2.45, 2.75) is 12.8 Å². The average molecular weight is 232 g/mol. The van der Waals surface area contributed by atoms with Gasteiger partial charge in [-0.2, -0.15) is 0 Å². The van der Waals surface area contributed by atoms with Gasteiger partial charge in [0.2, 0.25) is 0 Å². The Morgan fingerprint density at radius 1 is 1.64 bits per heavy atom. The van der Waals surface area contributed by atoms with Crippen LogP contribution in [0.4, 0.5) is 5.00 Å². The molecule has 3 heteroatoms. The molecule has 1 aromatic rings. The van der Waals surface area contributed by atoms with Crippen LogP contribution in [0, 0.1) is 0 Å². The molecule has 0 fully saturated rings. The van der Waals surface area contributed by atoms with Crippen molar-refractivity contribution in [3.05, 3.63) is 15.4 Å². The van der Waals surface area contributed by atoms with E-state index in [1.165, 1.54) is 33.7 Å². The van der Waals surface area contributed by atoms with E-state index in [9.17, 15) is 0 Å². The van der Waals surface area contributed by atoms with Gasteiger partial charge in [-0.25, -0.2) is 0 Å². The Kier molecular flexibility index (Phi) is 1.93. The molecule has 0 unspecified atom stereocenters. The molecule has 0 aromatic carbocycles. The molecular formula is C8H10BrNS. The van der Waals surface area contributed by atoms with Crippen LogP contribution >= 0.6 is 27.3 Å². The summed E-state index contributed by atoms with van der Waals surface area (Å²) in [6, 6.07) is 2.25. The first-order chi connectivity index (χ1) is 5.27. The lowest BCUT2D eigenvalue weighted by molar-refractivity contribution is 0.753. The van der Waals surface area contributed by atoms with Crippen LogP contribution in [0.25, 0.3) is 0 Å². The number of halogens is 1. The standard InChI is InChI=1S/C8H10BrNS/c1-10-4-2-3-6-5-7(9)11-8(6)10/h5H,2-4H2,1H3. The largest absolute Gasteiger partial charge is 0.366 e. The number of thiophene rings is 1. The lowest BCUT2D eigenvalue weighted by Crippen LogP contribution is -2.22. The zero-order chi connectivity index (χ0) is 7.84. The molecule has 0 radical (unpaired) electrons. The molecule has 60 valence electrons. The first kappa shape index (κ1) is 7.62. The lowest BCUT2D eigenvalue weighted by atomic mass is 10.1. The molecule has 0 N–H and O–H groups in total. The molecule has 1 aliphatic rings. The van der Waals surface area contributed by atoms with E-state index < -0.39 is 0 Å². The Labute approximate surface area is 79.2 Å². The van der Waals surface area contributed by atoms with Gasteiger partial charge in [-0.05, 0) is 40.4 Å². The smallest absolute Gasteiger partial charge is 0.0950 e. The van der Waals surface area contributed by atoms with Gasteiger partial charge in [0.1, 0.15) is 0 Å². The molecule has 1 aliphatic heterocycles. The summed E-state index contributed by atoms with van der Waals surface area (Å²) in [7, 11) is 2.17. The summed E-state index contributed by atoms with van der Waals surface area (Å²) in [6.07, 6.45) is 2.55. The normalized spacial score (nSPS) is 16.7. The second-order valence-corrected chi connectivity index (χ2v) is 5.32. The van der Waals surface area contributed by atoms with Gasteiger partial charge in [0.05, 0.1) is 8.79 Å². The molecule has 11 heavy (non-hydrogen) atoms. The van der Waals surface area contributed by atoms with E-state index in [1.54, 1.807) is 0 Å². The highest BCUT2D eigenvalue weighted by Crippen LogP contribution is 2.37. The second kappa shape index (κ2) is 2.79. The first-order valence-corrected chi connectivity index (χ1v) is 5.37. The van der Waals surface area contributed by atoms with Crippen molar-refractivity contribution in [3.8, 4) is 0 Å². The van der Waals surface area contributed by atoms with E-state index in [-0.39, 0.29) is 0 Å². The van der Waals surface area contributed by atoms with E-state index in [0.717, 1.165) is 0 Å². The number of hydrogen-bond acceptors (Lipinski definition) is 2. The van der Waals surface area contributed by atoms with E-state index in [0.29, 0.717) is 0 Å². The Balaban J connectivity index is 2.43. The minimum atomic E-state index is 1.21. The third-order valence-electron chi connectivity index (χ3n) is 2.04. The van der Waals surface area contributed by atoms with Crippen LogP contribution in [0.1, 0.15) is 12.0 Å². The van der Waals surface area contributed by atoms with Crippen molar-refractivity contribution in [3.63, 3.8) is 0 Å². The predicted octanol–water partition coefficient (Wildman–Crippen LogP) is 2.89. The molecule has 1 nitrogen and oxygen atoms in total. The predicted molar refractivity (Wildman–Crippen MR) is 53.6 cm³/mol. The molecule has 2 rings (SSSR count). The zero-order valence-corrected chi connectivity index (χ0v) is 8.83. The number of anilines is 1. The molecule has 1 aromatic heterocycles. The van der Waals surface area contributed by atoms with E-state index in [1.807, 2.05) is 11.3 Å². The van der Waals surface area contributed by atoms with Crippen molar-refractivity contribution >= 4 is 32.3 Å². The van der Waals surface area contributed by atoms with E-state index >= 15 is 0 Å². The van der Waals surface area contributed by atoms with Gasteiger partial charge in [-0.1, -0.05) is 0 Å². The molecule has 0 atom stereocenters.